The van der Waals surface area contributed by atoms with Gasteiger partial charge in [-0.2, -0.15) is 0 Å². The topological polar surface area (TPSA) is 109 Å². The van der Waals surface area contributed by atoms with Crippen LogP contribution in [0.1, 0.15) is 28.5 Å². The second-order valence-corrected chi connectivity index (χ2v) is 8.44. The minimum absolute atomic E-state index is 0.107. The van der Waals surface area contributed by atoms with Crippen LogP contribution in [0.3, 0.4) is 0 Å². The quantitative estimate of drug-likeness (QED) is 0.517. The molecule has 4 amide bonds. The van der Waals surface area contributed by atoms with Crippen molar-refractivity contribution in [2.24, 2.45) is 5.41 Å². The molecule has 1 fully saturated rings. The molecule has 1 saturated heterocycles. The van der Waals surface area contributed by atoms with E-state index in [-0.39, 0.29) is 19.0 Å². The van der Waals surface area contributed by atoms with Crippen LogP contribution in [0.2, 0.25) is 0 Å². The zero-order valence-corrected chi connectivity index (χ0v) is 18.6. The van der Waals surface area contributed by atoms with Crippen molar-refractivity contribution < 1.29 is 19.1 Å². The molecule has 0 saturated carbocycles. The first-order valence-corrected chi connectivity index (χ1v) is 10.8. The lowest BCUT2D eigenvalue weighted by atomic mass is 9.88. The number of benzene rings is 2. The summed E-state index contributed by atoms with van der Waals surface area (Å²) in [5.74, 6) is -0.0401. The maximum absolute atomic E-state index is 12.5. The summed E-state index contributed by atoms with van der Waals surface area (Å²) in [6, 6.07) is 16.5. The van der Waals surface area contributed by atoms with Gasteiger partial charge in [0.2, 0.25) is 5.91 Å². The van der Waals surface area contributed by atoms with Crippen molar-refractivity contribution in [1.29, 1.82) is 0 Å². The number of aromatic nitrogens is 1. The molecule has 1 aliphatic rings. The Morgan fingerprint density at radius 2 is 1.91 bits per heavy atom. The summed E-state index contributed by atoms with van der Waals surface area (Å²) in [7, 11) is 0. The third-order valence-corrected chi connectivity index (χ3v) is 5.74. The van der Waals surface area contributed by atoms with Crippen molar-refractivity contribution in [3.8, 4) is 5.75 Å². The first-order valence-electron chi connectivity index (χ1n) is 10.8. The Balaban J connectivity index is 1.31. The van der Waals surface area contributed by atoms with Crippen molar-refractivity contribution in [2.45, 2.75) is 20.3 Å². The Labute approximate surface area is 191 Å². The van der Waals surface area contributed by atoms with Crippen LogP contribution in [0, 0.1) is 12.3 Å². The molecule has 0 bridgehead atoms. The summed E-state index contributed by atoms with van der Waals surface area (Å²) in [5.41, 5.74) is 2.69. The number of nitrogens with zero attached hydrogens (tertiary/aromatic N) is 1. The van der Waals surface area contributed by atoms with E-state index in [4.69, 9.17) is 4.74 Å². The molecule has 0 spiro atoms. The highest BCUT2D eigenvalue weighted by Gasteiger charge is 2.38. The van der Waals surface area contributed by atoms with Gasteiger partial charge in [0.25, 0.3) is 5.91 Å². The smallest absolute Gasteiger partial charge is 0.321 e. The highest BCUT2D eigenvalue weighted by Crippen LogP contribution is 2.20. The van der Waals surface area contributed by atoms with Crippen LogP contribution in [0.25, 0.3) is 10.9 Å². The molecular formula is C25H26N4O4. The number of hydrogen-bond donors (Lipinski definition) is 3. The molecule has 0 radical (unpaired) electrons. The second-order valence-electron chi connectivity index (χ2n) is 8.44. The van der Waals surface area contributed by atoms with Crippen LogP contribution >= 0.6 is 0 Å². The van der Waals surface area contributed by atoms with Crippen LogP contribution in [-0.4, -0.2) is 42.5 Å². The van der Waals surface area contributed by atoms with E-state index < -0.39 is 17.4 Å². The third-order valence-electron chi connectivity index (χ3n) is 5.74. The predicted molar refractivity (Wildman–Crippen MR) is 124 cm³/mol. The number of urea groups is 1. The number of amides is 4. The number of hydrogen-bond acceptors (Lipinski definition) is 5. The summed E-state index contributed by atoms with van der Waals surface area (Å²) in [6.45, 7) is 4.44. The lowest BCUT2D eigenvalue weighted by Gasteiger charge is -2.32. The first kappa shape index (κ1) is 22.3. The minimum atomic E-state index is -0.901. The van der Waals surface area contributed by atoms with Crippen LogP contribution in [0.5, 0.6) is 5.75 Å². The van der Waals surface area contributed by atoms with Gasteiger partial charge >= 0.3 is 6.03 Å². The summed E-state index contributed by atoms with van der Waals surface area (Å²) in [4.78, 5) is 40.4. The van der Waals surface area contributed by atoms with Gasteiger partial charge in [0.05, 0.1) is 17.5 Å². The predicted octanol–water partition coefficient (Wildman–Crippen LogP) is 2.74. The number of aryl methyl sites for hydroxylation is 1. The molecule has 170 valence electrons. The van der Waals surface area contributed by atoms with Gasteiger partial charge in [0, 0.05) is 36.2 Å². The molecule has 2 heterocycles. The number of ether oxygens (including phenoxy) is 1. The average Bonchev–Trinajstić information content (AvgIpc) is 2.81. The number of carbonyl (C=O) groups excluding carboxylic acids is 3. The maximum atomic E-state index is 12.5. The number of carbonyl (C=O) groups is 3. The van der Waals surface area contributed by atoms with Crippen LogP contribution in [0.4, 0.5) is 4.79 Å². The largest absolute Gasteiger partial charge is 0.493 e. The molecule has 1 unspecified atom stereocenters. The van der Waals surface area contributed by atoms with Gasteiger partial charge in [-0.3, -0.25) is 19.9 Å². The molecule has 8 nitrogen and oxygen atoms in total. The third kappa shape index (κ3) is 5.11. The van der Waals surface area contributed by atoms with Gasteiger partial charge in [-0.1, -0.05) is 18.2 Å². The monoisotopic (exact) mass is 446 g/mol. The molecule has 1 aliphatic heterocycles. The van der Waals surface area contributed by atoms with E-state index in [1.165, 1.54) is 5.56 Å². The van der Waals surface area contributed by atoms with Gasteiger partial charge < -0.3 is 15.4 Å². The Hall–Kier alpha value is -3.94. The molecule has 1 aromatic heterocycles. The summed E-state index contributed by atoms with van der Waals surface area (Å²) < 4.78 is 5.88. The summed E-state index contributed by atoms with van der Waals surface area (Å²) in [6.07, 6.45) is 0.739. The lowest BCUT2D eigenvalue weighted by Crippen LogP contribution is -2.61. The molecule has 0 aliphatic carbocycles. The zero-order chi connectivity index (χ0) is 23.4. The van der Waals surface area contributed by atoms with Crippen LogP contribution < -0.4 is 20.7 Å². The number of para-hydroxylation sites is 1. The van der Waals surface area contributed by atoms with Crippen molar-refractivity contribution >= 4 is 28.7 Å². The van der Waals surface area contributed by atoms with Gasteiger partial charge in [0.15, 0.2) is 0 Å². The van der Waals surface area contributed by atoms with E-state index in [9.17, 15) is 14.4 Å². The Bertz CT molecular complexity index is 1210. The standard InChI is InChI=1S/C25H26N4O4/c1-16-13-18(20-5-3-4-6-21(20)28-16)11-12-33-19-9-7-17(8-10-19)22(30)26-14-25(2)15-27-24(32)29-23(25)31/h3-10,13H,11-12,14-15H2,1-2H3,(H,26,30)(H2,27,29,31,32). The first-order chi connectivity index (χ1) is 15.8. The molecule has 8 heteroatoms. The van der Waals surface area contributed by atoms with Crippen molar-refractivity contribution in [2.75, 3.05) is 19.7 Å². The highest BCUT2D eigenvalue weighted by atomic mass is 16.5. The number of rotatable bonds is 7. The Kier molecular flexibility index (Phi) is 6.26. The van der Waals surface area contributed by atoms with Crippen molar-refractivity contribution in [3.05, 3.63) is 71.4 Å². The van der Waals surface area contributed by atoms with E-state index in [2.05, 4.69) is 33.1 Å². The van der Waals surface area contributed by atoms with Crippen molar-refractivity contribution in [1.82, 2.24) is 20.9 Å². The molecule has 33 heavy (non-hydrogen) atoms. The molecule has 2 aromatic carbocycles. The van der Waals surface area contributed by atoms with Gasteiger partial charge in [0.1, 0.15) is 5.75 Å². The number of nitrogens with one attached hydrogen (secondary N) is 3. The van der Waals surface area contributed by atoms with Gasteiger partial charge in [-0.25, -0.2) is 4.79 Å². The van der Waals surface area contributed by atoms with Gasteiger partial charge in [-0.15, -0.1) is 0 Å². The zero-order valence-electron chi connectivity index (χ0n) is 18.6. The molecule has 3 aromatic rings. The highest BCUT2D eigenvalue weighted by molar-refractivity contribution is 6.00. The number of fused-ring (bicyclic) bond motifs is 1. The van der Waals surface area contributed by atoms with Gasteiger partial charge in [-0.05, 0) is 55.8 Å². The van der Waals surface area contributed by atoms with E-state index >= 15 is 0 Å². The number of imide groups is 1. The fraction of sp³-hybridized carbons (Fsp3) is 0.280. The van der Waals surface area contributed by atoms with E-state index in [1.807, 2.05) is 25.1 Å². The molecule has 1 atom stereocenters. The van der Waals surface area contributed by atoms with Crippen molar-refractivity contribution in [3.63, 3.8) is 0 Å². The fourth-order valence-corrected chi connectivity index (χ4v) is 3.76. The van der Waals surface area contributed by atoms with E-state index in [1.54, 1.807) is 31.2 Å². The van der Waals surface area contributed by atoms with E-state index in [0.717, 1.165) is 23.0 Å². The summed E-state index contributed by atoms with van der Waals surface area (Å²) in [5, 5.41) is 8.69. The SMILES string of the molecule is Cc1cc(CCOc2ccc(C(=O)NCC3(C)CNC(=O)NC3=O)cc2)c2ccccc2n1. The Morgan fingerprint density at radius 3 is 2.67 bits per heavy atom. The lowest BCUT2D eigenvalue weighted by molar-refractivity contribution is -0.129. The summed E-state index contributed by atoms with van der Waals surface area (Å²) >= 11 is 0. The molecule has 4 rings (SSSR count). The average molecular weight is 447 g/mol. The van der Waals surface area contributed by atoms with E-state index in [0.29, 0.717) is 17.9 Å². The normalized spacial score (nSPS) is 17.9. The Morgan fingerprint density at radius 1 is 1.15 bits per heavy atom. The molecular weight excluding hydrogens is 420 g/mol. The minimum Gasteiger partial charge on any atom is -0.493 e. The maximum Gasteiger partial charge on any atom is 0.321 e. The fourth-order valence-electron chi connectivity index (χ4n) is 3.76. The molecule has 3 N–H and O–H groups in total. The number of pyridine rings is 1. The van der Waals surface area contributed by atoms with Crippen LogP contribution in [-0.2, 0) is 11.2 Å². The van der Waals surface area contributed by atoms with Crippen LogP contribution in [0.15, 0.2) is 54.6 Å². The second kappa shape index (κ2) is 9.28.